The maximum absolute atomic E-state index is 12.8. The highest BCUT2D eigenvalue weighted by atomic mass is 16.2. The van der Waals surface area contributed by atoms with E-state index in [0.717, 1.165) is 22.4 Å². The Kier molecular flexibility index (Phi) is 4.86. The van der Waals surface area contributed by atoms with Crippen LogP contribution in [0.5, 0.6) is 0 Å². The summed E-state index contributed by atoms with van der Waals surface area (Å²) in [6.07, 6.45) is 0.397. The number of hydrogen-bond donors (Lipinski definition) is 2. The molecule has 2 atom stereocenters. The van der Waals surface area contributed by atoms with E-state index in [1.165, 1.54) is 0 Å². The molecule has 0 aromatic heterocycles. The molecule has 2 aromatic carbocycles. The van der Waals surface area contributed by atoms with E-state index in [9.17, 15) is 9.59 Å². The highest BCUT2D eigenvalue weighted by Gasteiger charge is 2.25. The van der Waals surface area contributed by atoms with E-state index in [0.29, 0.717) is 6.42 Å². The van der Waals surface area contributed by atoms with Crippen LogP contribution in [-0.4, -0.2) is 30.8 Å². The Hall–Kier alpha value is -2.66. The number of anilines is 1. The molecule has 0 radical (unpaired) electrons. The number of nitrogens with one attached hydrogen (secondary N) is 2. The van der Waals surface area contributed by atoms with Crippen LogP contribution in [0, 0.1) is 0 Å². The molecule has 1 heterocycles. The molecule has 5 heteroatoms. The van der Waals surface area contributed by atoms with Crippen molar-refractivity contribution in [3.8, 4) is 0 Å². The van der Waals surface area contributed by atoms with E-state index < -0.39 is 0 Å². The number of fused-ring (bicyclic) bond motifs is 1. The largest absolute Gasteiger partial charge is 0.348 e. The predicted octanol–water partition coefficient (Wildman–Crippen LogP) is 2.66. The topological polar surface area (TPSA) is 61.4 Å². The van der Waals surface area contributed by atoms with Crippen molar-refractivity contribution in [2.24, 2.45) is 0 Å². The zero-order valence-corrected chi connectivity index (χ0v) is 14.7. The fraction of sp³-hybridized carbons (Fsp3) is 0.300. The first-order chi connectivity index (χ1) is 12.0. The van der Waals surface area contributed by atoms with Crippen LogP contribution in [0.4, 0.5) is 5.69 Å². The van der Waals surface area contributed by atoms with E-state index in [1.807, 2.05) is 74.4 Å². The van der Waals surface area contributed by atoms with Crippen molar-refractivity contribution in [3.63, 3.8) is 0 Å². The maximum Gasteiger partial charge on any atom is 0.242 e. The Bertz CT molecular complexity index is 787. The van der Waals surface area contributed by atoms with Gasteiger partial charge in [0.2, 0.25) is 11.8 Å². The van der Waals surface area contributed by atoms with Crippen LogP contribution < -0.4 is 10.6 Å². The SMILES string of the molecule is CC(NC(=O)C(c1ccccc1)N(C)C)c1ccc2c(c1)CC(=O)N2. The van der Waals surface area contributed by atoms with Gasteiger partial charge < -0.3 is 10.6 Å². The summed E-state index contributed by atoms with van der Waals surface area (Å²) < 4.78 is 0. The average Bonchev–Trinajstić information content (AvgIpc) is 2.94. The van der Waals surface area contributed by atoms with Crippen LogP contribution in [0.3, 0.4) is 0 Å². The molecule has 1 aliphatic heterocycles. The van der Waals surface area contributed by atoms with E-state index >= 15 is 0 Å². The number of likely N-dealkylation sites (N-methyl/N-ethyl adjacent to an activating group) is 1. The minimum absolute atomic E-state index is 0.0144. The van der Waals surface area contributed by atoms with Gasteiger partial charge in [-0.2, -0.15) is 0 Å². The Balaban J connectivity index is 1.75. The Morgan fingerprint density at radius 2 is 1.84 bits per heavy atom. The first kappa shape index (κ1) is 17.2. The normalized spacial score (nSPS) is 15.4. The average molecular weight is 337 g/mol. The second-order valence-corrected chi connectivity index (χ2v) is 6.65. The second kappa shape index (κ2) is 7.07. The van der Waals surface area contributed by atoms with Crippen molar-refractivity contribution in [1.29, 1.82) is 0 Å². The third-order valence-electron chi connectivity index (χ3n) is 4.49. The fourth-order valence-electron chi connectivity index (χ4n) is 3.21. The lowest BCUT2D eigenvalue weighted by Gasteiger charge is -2.26. The molecule has 0 aliphatic carbocycles. The van der Waals surface area contributed by atoms with E-state index in [2.05, 4.69) is 10.6 Å². The molecule has 130 valence electrons. The van der Waals surface area contributed by atoms with Gasteiger partial charge >= 0.3 is 0 Å². The summed E-state index contributed by atoms with van der Waals surface area (Å²) in [7, 11) is 3.79. The smallest absolute Gasteiger partial charge is 0.242 e. The van der Waals surface area contributed by atoms with Crippen molar-refractivity contribution in [2.45, 2.75) is 25.4 Å². The zero-order chi connectivity index (χ0) is 18.0. The lowest BCUT2D eigenvalue weighted by molar-refractivity contribution is -0.126. The molecule has 0 bridgehead atoms. The van der Waals surface area contributed by atoms with E-state index in [4.69, 9.17) is 0 Å². The van der Waals surface area contributed by atoms with Gasteiger partial charge in [0.15, 0.2) is 0 Å². The van der Waals surface area contributed by atoms with Gasteiger partial charge in [0.1, 0.15) is 6.04 Å². The van der Waals surface area contributed by atoms with Crippen molar-refractivity contribution < 1.29 is 9.59 Å². The lowest BCUT2D eigenvalue weighted by Crippen LogP contribution is -2.38. The number of hydrogen-bond acceptors (Lipinski definition) is 3. The van der Waals surface area contributed by atoms with Crippen molar-refractivity contribution >= 4 is 17.5 Å². The number of rotatable bonds is 5. The van der Waals surface area contributed by atoms with Crippen LogP contribution in [0.1, 0.15) is 35.7 Å². The third kappa shape index (κ3) is 3.72. The van der Waals surface area contributed by atoms with E-state index in [1.54, 1.807) is 0 Å². The zero-order valence-electron chi connectivity index (χ0n) is 14.7. The van der Waals surface area contributed by atoms with Crippen molar-refractivity contribution in [1.82, 2.24) is 10.2 Å². The van der Waals surface area contributed by atoms with Gasteiger partial charge in [0, 0.05) is 5.69 Å². The molecule has 0 saturated heterocycles. The fourth-order valence-corrected chi connectivity index (χ4v) is 3.21. The standard InChI is InChI=1S/C20H23N3O2/c1-13(15-9-10-17-16(11-15)12-18(24)22-17)21-20(25)19(23(2)3)14-7-5-4-6-8-14/h4-11,13,19H,12H2,1-3H3,(H,21,25)(H,22,24). The number of carbonyl (C=O) groups is 2. The molecule has 25 heavy (non-hydrogen) atoms. The molecule has 1 aliphatic rings. The number of nitrogens with zero attached hydrogens (tertiary/aromatic N) is 1. The molecule has 0 spiro atoms. The van der Waals surface area contributed by atoms with Crippen LogP contribution in [0.15, 0.2) is 48.5 Å². The highest BCUT2D eigenvalue weighted by Crippen LogP contribution is 2.27. The van der Waals surface area contributed by atoms with Gasteiger partial charge in [-0.05, 0) is 43.8 Å². The Labute approximate surface area is 148 Å². The molecular weight excluding hydrogens is 314 g/mol. The molecule has 5 nitrogen and oxygen atoms in total. The predicted molar refractivity (Wildman–Crippen MR) is 98.2 cm³/mol. The molecular formula is C20H23N3O2. The van der Waals surface area contributed by atoms with Gasteiger partial charge in [0.05, 0.1) is 12.5 Å². The summed E-state index contributed by atoms with van der Waals surface area (Å²) in [5.41, 5.74) is 3.80. The molecule has 3 rings (SSSR count). The highest BCUT2D eigenvalue weighted by molar-refractivity contribution is 5.99. The Morgan fingerprint density at radius 3 is 2.52 bits per heavy atom. The first-order valence-electron chi connectivity index (χ1n) is 8.40. The minimum atomic E-state index is -0.346. The summed E-state index contributed by atoms with van der Waals surface area (Å²) in [6.45, 7) is 1.96. The van der Waals surface area contributed by atoms with Crippen molar-refractivity contribution in [3.05, 3.63) is 65.2 Å². The van der Waals surface area contributed by atoms with Gasteiger partial charge in [0.25, 0.3) is 0 Å². The van der Waals surface area contributed by atoms with Gasteiger partial charge in [-0.1, -0.05) is 42.5 Å². The summed E-state index contributed by atoms with van der Waals surface area (Å²) >= 11 is 0. The monoisotopic (exact) mass is 337 g/mol. The van der Waals surface area contributed by atoms with Gasteiger partial charge in [-0.25, -0.2) is 0 Å². The number of benzene rings is 2. The number of amides is 2. The molecule has 0 saturated carbocycles. The molecule has 2 amide bonds. The van der Waals surface area contributed by atoms with Crippen LogP contribution >= 0.6 is 0 Å². The summed E-state index contributed by atoms with van der Waals surface area (Å²) in [4.78, 5) is 26.2. The van der Waals surface area contributed by atoms with E-state index in [-0.39, 0.29) is 23.9 Å². The third-order valence-corrected chi connectivity index (χ3v) is 4.49. The Morgan fingerprint density at radius 1 is 1.12 bits per heavy atom. The number of carbonyl (C=O) groups excluding carboxylic acids is 2. The summed E-state index contributed by atoms with van der Waals surface area (Å²) in [6, 6.07) is 15.1. The lowest BCUT2D eigenvalue weighted by atomic mass is 10.0. The van der Waals surface area contributed by atoms with Crippen molar-refractivity contribution in [2.75, 3.05) is 19.4 Å². The summed E-state index contributed by atoms with van der Waals surface area (Å²) in [5, 5.41) is 5.92. The first-order valence-corrected chi connectivity index (χ1v) is 8.40. The molecule has 2 N–H and O–H groups in total. The second-order valence-electron chi connectivity index (χ2n) is 6.65. The minimum Gasteiger partial charge on any atom is -0.348 e. The summed E-state index contributed by atoms with van der Waals surface area (Å²) in [5.74, 6) is -0.0287. The van der Waals surface area contributed by atoms with Gasteiger partial charge in [-0.15, -0.1) is 0 Å². The molecule has 0 fully saturated rings. The van der Waals surface area contributed by atoms with Gasteiger partial charge in [-0.3, -0.25) is 14.5 Å². The maximum atomic E-state index is 12.8. The van der Waals surface area contributed by atoms with Crippen LogP contribution in [-0.2, 0) is 16.0 Å². The quantitative estimate of drug-likeness (QED) is 0.882. The molecule has 2 aromatic rings. The molecule has 2 unspecified atom stereocenters. The van der Waals surface area contributed by atoms with Crippen LogP contribution in [0.2, 0.25) is 0 Å². The van der Waals surface area contributed by atoms with Crippen LogP contribution in [0.25, 0.3) is 0 Å².